The molecule has 2 aromatic rings. The number of hydrogen-bond donors (Lipinski definition) is 1. The van der Waals surface area contributed by atoms with Crippen LogP contribution in [0.25, 0.3) is 0 Å². The Labute approximate surface area is 165 Å². The highest BCUT2D eigenvalue weighted by Gasteiger charge is 2.07. The van der Waals surface area contributed by atoms with Crippen molar-refractivity contribution >= 4 is 11.9 Å². The van der Waals surface area contributed by atoms with Crippen LogP contribution in [-0.4, -0.2) is 38.2 Å². The Hall–Kier alpha value is -3.02. The van der Waals surface area contributed by atoms with Gasteiger partial charge < -0.3 is 19.5 Å². The van der Waals surface area contributed by atoms with E-state index in [0.717, 1.165) is 22.6 Å². The number of ether oxygens (including phenoxy) is 3. The highest BCUT2D eigenvalue weighted by atomic mass is 16.5. The van der Waals surface area contributed by atoms with Crippen LogP contribution in [0, 0.1) is 13.8 Å². The molecule has 28 heavy (non-hydrogen) atoms. The Morgan fingerprint density at radius 2 is 1.64 bits per heavy atom. The lowest BCUT2D eigenvalue weighted by atomic mass is 10.2. The topological polar surface area (TPSA) is 73.9 Å². The van der Waals surface area contributed by atoms with E-state index in [2.05, 4.69) is 5.32 Å². The van der Waals surface area contributed by atoms with E-state index in [9.17, 15) is 9.59 Å². The first-order valence-electron chi connectivity index (χ1n) is 9.34. The molecule has 0 bridgehead atoms. The summed E-state index contributed by atoms with van der Waals surface area (Å²) in [5.41, 5.74) is 2.27. The number of nitrogens with one attached hydrogen (secondary N) is 1. The van der Waals surface area contributed by atoms with Crippen LogP contribution in [0.15, 0.2) is 48.5 Å². The van der Waals surface area contributed by atoms with Crippen molar-refractivity contribution in [3.63, 3.8) is 0 Å². The van der Waals surface area contributed by atoms with Crippen molar-refractivity contribution in [1.29, 1.82) is 0 Å². The average Bonchev–Trinajstić information content (AvgIpc) is 2.68. The molecule has 2 rings (SSSR count). The van der Waals surface area contributed by atoms with Crippen LogP contribution in [0.5, 0.6) is 11.5 Å². The highest BCUT2D eigenvalue weighted by molar-refractivity contribution is 5.80. The first kappa shape index (κ1) is 21.3. The van der Waals surface area contributed by atoms with Gasteiger partial charge in [0.05, 0.1) is 13.2 Å². The second kappa shape index (κ2) is 11.6. The molecule has 0 saturated carbocycles. The fourth-order valence-corrected chi connectivity index (χ4v) is 2.37. The van der Waals surface area contributed by atoms with Gasteiger partial charge in [-0.3, -0.25) is 9.59 Å². The maximum Gasteiger partial charge on any atom is 0.306 e. The Balaban J connectivity index is 1.49. The van der Waals surface area contributed by atoms with Crippen molar-refractivity contribution in [3.05, 3.63) is 59.7 Å². The van der Waals surface area contributed by atoms with Crippen molar-refractivity contribution in [1.82, 2.24) is 5.32 Å². The lowest BCUT2D eigenvalue weighted by Gasteiger charge is -2.09. The Morgan fingerprint density at radius 1 is 0.893 bits per heavy atom. The van der Waals surface area contributed by atoms with E-state index in [1.807, 2.05) is 62.4 Å². The van der Waals surface area contributed by atoms with Gasteiger partial charge in [0.25, 0.3) is 5.91 Å². The lowest BCUT2D eigenvalue weighted by molar-refractivity contribution is -0.148. The van der Waals surface area contributed by atoms with Gasteiger partial charge in [0.1, 0.15) is 18.1 Å². The molecule has 0 aliphatic rings. The van der Waals surface area contributed by atoms with Crippen LogP contribution >= 0.6 is 0 Å². The number of esters is 1. The Morgan fingerprint density at radius 3 is 2.39 bits per heavy atom. The standard InChI is InChI=1S/C22H27NO5/c1-17-8-10-19(11-9-17)26-13-4-7-22(25)28-16-21(24)23-12-14-27-20-6-3-5-18(2)15-20/h3,5-6,8-11,15H,4,7,12-14,16H2,1-2H3,(H,23,24). The third-order valence-electron chi connectivity index (χ3n) is 3.86. The van der Waals surface area contributed by atoms with E-state index in [4.69, 9.17) is 14.2 Å². The average molecular weight is 385 g/mol. The van der Waals surface area contributed by atoms with Crippen molar-refractivity contribution in [3.8, 4) is 11.5 Å². The second-order valence-electron chi connectivity index (χ2n) is 6.44. The highest BCUT2D eigenvalue weighted by Crippen LogP contribution is 2.12. The molecule has 150 valence electrons. The second-order valence-corrected chi connectivity index (χ2v) is 6.44. The lowest BCUT2D eigenvalue weighted by Crippen LogP contribution is -2.32. The number of benzene rings is 2. The summed E-state index contributed by atoms with van der Waals surface area (Å²) in [6, 6.07) is 15.4. The summed E-state index contributed by atoms with van der Waals surface area (Å²) in [6.07, 6.45) is 0.730. The monoisotopic (exact) mass is 385 g/mol. The van der Waals surface area contributed by atoms with E-state index in [1.54, 1.807) is 0 Å². The SMILES string of the molecule is Cc1ccc(OCCCC(=O)OCC(=O)NCCOc2cccc(C)c2)cc1. The molecule has 0 radical (unpaired) electrons. The van der Waals surface area contributed by atoms with Crippen LogP contribution in [-0.2, 0) is 14.3 Å². The van der Waals surface area contributed by atoms with Gasteiger partial charge in [0, 0.05) is 6.42 Å². The van der Waals surface area contributed by atoms with Crippen molar-refractivity contribution in [2.24, 2.45) is 0 Å². The summed E-state index contributed by atoms with van der Waals surface area (Å²) in [4.78, 5) is 23.4. The minimum absolute atomic E-state index is 0.204. The number of carbonyl (C=O) groups is 2. The summed E-state index contributed by atoms with van der Waals surface area (Å²) in [5.74, 6) is 0.760. The van der Waals surface area contributed by atoms with Gasteiger partial charge in [-0.25, -0.2) is 0 Å². The number of carbonyl (C=O) groups excluding carboxylic acids is 2. The zero-order valence-corrected chi connectivity index (χ0v) is 16.4. The molecule has 2 aromatic carbocycles. The summed E-state index contributed by atoms with van der Waals surface area (Å²) in [6.45, 7) is 4.81. The number of rotatable bonds is 11. The van der Waals surface area contributed by atoms with E-state index >= 15 is 0 Å². The molecule has 1 N–H and O–H groups in total. The molecule has 0 saturated heterocycles. The van der Waals surface area contributed by atoms with Gasteiger partial charge >= 0.3 is 5.97 Å². The molecule has 1 amide bonds. The predicted molar refractivity (Wildman–Crippen MR) is 107 cm³/mol. The molecule has 0 aromatic heterocycles. The molecule has 6 heteroatoms. The van der Waals surface area contributed by atoms with Gasteiger partial charge in [-0.1, -0.05) is 29.8 Å². The third kappa shape index (κ3) is 8.58. The molecule has 0 fully saturated rings. The normalized spacial score (nSPS) is 10.2. The summed E-state index contributed by atoms with van der Waals surface area (Å²) in [5, 5.41) is 2.65. The molecule has 0 aliphatic carbocycles. The number of amides is 1. The predicted octanol–water partition coefficient (Wildman–Crippen LogP) is 3.20. The van der Waals surface area contributed by atoms with E-state index < -0.39 is 5.97 Å². The molecular weight excluding hydrogens is 358 g/mol. The van der Waals surface area contributed by atoms with E-state index in [0.29, 0.717) is 26.2 Å². The smallest absolute Gasteiger partial charge is 0.306 e. The third-order valence-corrected chi connectivity index (χ3v) is 3.86. The number of aryl methyl sites for hydroxylation is 2. The maximum absolute atomic E-state index is 11.7. The van der Waals surface area contributed by atoms with Gasteiger partial charge in [-0.2, -0.15) is 0 Å². The van der Waals surface area contributed by atoms with E-state index in [-0.39, 0.29) is 18.9 Å². The number of hydrogen-bond acceptors (Lipinski definition) is 5. The van der Waals surface area contributed by atoms with Gasteiger partial charge in [0.15, 0.2) is 6.61 Å². The first-order chi connectivity index (χ1) is 13.5. The fourth-order valence-electron chi connectivity index (χ4n) is 2.37. The van der Waals surface area contributed by atoms with Crippen LogP contribution in [0.1, 0.15) is 24.0 Å². The van der Waals surface area contributed by atoms with Gasteiger partial charge in [-0.15, -0.1) is 0 Å². The van der Waals surface area contributed by atoms with Crippen LogP contribution < -0.4 is 14.8 Å². The molecule has 0 unspecified atom stereocenters. The van der Waals surface area contributed by atoms with Gasteiger partial charge in [-0.05, 0) is 50.1 Å². The Bertz CT molecular complexity index is 758. The first-order valence-corrected chi connectivity index (χ1v) is 9.34. The fraction of sp³-hybridized carbons (Fsp3) is 0.364. The van der Waals surface area contributed by atoms with Crippen molar-refractivity contribution < 1.29 is 23.8 Å². The zero-order valence-electron chi connectivity index (χ0n) is 16.4. The molecule has 0 heterocycles. The molecular formula is C22H27NO5. The molecule has 0 atom stereocenters. The van der Waals surface area contributed by atoms with E-state index in [1.165, 1.54) is 0 Å². The quantitative estimate of drug-likeness (QED) is 0.475. The van der Waals surface area contributed by atoms with Crippen LogP contribution in [0.3, 0.4) is 0 Å². The molecule has 6 nitrogen and oxygen atoms in total. The Kier molecular flexibility index (Phi) is 8.85. The molecule has 0 spiro atoms. The van der Waals surface area contributed by atoms with Crippen molar-refractivity contribution in [2.75, 3.05) is 26.4 Å². The largest absolute Gasteiger partial charge is 0.494 e. The van der Waals surface area contributed by atoms with Crippen molar-refractivity contribution in [2.45, 2.75) is 26.7 Å². The van der Waals surface area contributed by atoms with Crippen LogP contribution in [0.4, 0.5) is 0 Å². The zero-order chi connectivity index (χ0) is 20.2. The van der Waals surface area contributed by atoms with Crippen LogP contribution in [0.2, 0.25) is 0 Å². The summed E-state index contributed by atoms with van der Waals surface area (Å²) in [7, 11) is 0. The summed E-state index contributed by atoms with van der Waals surface area (Å²) >= 11 is 0. The maximum atomic E-state index is 11.7. The minimum atomic E-state index is -0.418. The van der Waals surface area contributed by atoms with Gasteiger partial charge in [0.2, 0.25) is 0 Å². The minimum Gasteiger partial charge on any atom is -0.494 e. The molecule has 0 aliphatic heterocycles. The summed E-state index contributed by atoms with van der Waals surface area (Å²) < 4.78 is 16.0.